The van der Waals surface area contributed by atoms with Gasteiger partial charge in [0.05, 0.1) is 19.8 Å². The number of H-pyrrole nitrogens is 1. The third-order valence-electron chi connectivity index (χ3n) is 4.95. The molecule has 12 heteroatoms. The molecule has 1 fully saturated rings. The molecule has 10 nitrogen and oxygen atoms in total. The zero-order chi connectivity index (χ0) is 22.6. The Balaban J connectivity index is 1.55. The smallest absolute Gasteiger partial charge is 0.255 e. The van der Waals surface area contributed by atoms with Crippen LogP contribution in [0.5, 0.6) is 0 Å². The number of morpholine rings is 1. The van der Waals surface area contributed by atoms with Gasteiger partial charge in [-0.2, -0.15) is 0 Å². The maximum Gasteiger partial charge on any atom is 0.255 e. The second-order valence-corrected chi connectivity index (χ2v) is 10.9. The third-order valence-corrected chi connectivity index (χ3v) is 8.32. The molecule has 2 aromatic heterocycles. The van der Waals surface area contributed by atoms with Crippen molar-refractivity contribution in [3.8, 4) is 0 Å². The van der Waals surface area contributed by atoms with Crippen LogP contribution in [0.25, 0.3) is 0 Å². The monoisotopic (exact) mass is 469 g/mol. The zero-order valence-electron chi connectivity index (χ0n) is 17.8. The number of carbonyl (C=O) groups excluding carboxylic acids is 1. The molecule has 0 saturated carbocycles. The molecular weight excluding hydrogens is 442 g/mol. The highest BCUT2D eigenvalue weighted by atomic mass is 32.2. The molecule has 3 rings (SSSR count). The van der Waals surface area contributed by atoms with Crippen LogP contribution in [-0.2, 0) is 32.5 Å². The number of nitrogens with zero attached hydrogens (tertiary/aromatic N) is 3. The number of aromatic amines is 1. The van der Waals surface area contributed by atoms with E-state index in [2.05, 4.69) is 15.3 Å². The summed E-state index contributed by atoms with van der Waals surface area (Å²) in [5.74, 6) is 0.307. The minimum atomic E-state index is -3.48. The van der Waals surface area contributed by atoms with Gasteiger partial charge in [-0.05, 0) is 25.5 Å². The van der Waals surface area contributed by atoms with E-state index in [0.29, 0.717) is 43.5 Å². The third kappa shape index (κ3) is 5.70. The van der Waals surface area contributed by atoms with Gasteiger partial charge in [0.1, 0.15) is 4.21 Å². The summed E-state index contributed by atoms with van der Waals surface area (Å²) in [6.07, 6.45) is 0.408. The van der Waals surface area contributed by atoms with Crippen molar-refractivity contribution in [3.05, 3.63) is 38.6 Å². The van der Waals surface area contributed by atoms with Crippen molar-refractivity contribution in [1.29, 1.82) is 0 Å². The predicted molar refractivity (Wildman–Crippen MR) is 118 cm³/mol. The fraction of sp³-hybridized carbons (Fsp3) is 0.526. The fourth-order valence-corrected chi connectivity index (χ4v) is 5.56. The topological polar surface area (TPSA) is 125 Å². The lowest BCUT2D eigenvalue weighted by molar-refractivity contribution is -0.121. The van der Waals surface area contributed by atoms with Crippen molar-refractivity contribution in [3.63, 3.8) is 0 Å². The molecule has 3 heterocycles. The van der Waals surface area contributed by atoms with Gasteiger partial charge in [-0.3, -0.25) is 14.6 Å². The van der Waals surface area contributed by atoms with Gasteiger partial charge >= 0.3 is 0 Å². The number of aryl methyl sites for hydroxylation is 1. The summed E-state index contributed by atoms with van der Waals surface area (Å²) in [6, 6.07) is 3.22. The Hall–Kier alpha value is -2.28. The molecule has 0 aliphatic carbocycles. The first kappa shape index (κ1) is 23.4. The Bertz CT molecular complexity index is 1090. The van der Waals surface area contributed by atoms with Crippen molar-refractivity contribution in [1.82, 2.24) is 19.6 Å². The molecule has 170 valence electrons. The summed E-state index contributed by atoms with van der Waals surface area (Å²) in [6.45, 7) is 4.53. The molecule has 1 aliphatic heterocycles. The number of hydrogen-bond acceptors (Lipinski definition) is 8. The van der Waals surface area contributed by atoms with Gasteiger partial charge in [0.2, 0.25) is 11.9 Å². The van der Waals surface area contributed by atoms with Gasteiger partial charge in [0.25, 0.3) is 15.6 Å². The molecular formula is C19H27N5O5S2. The van der Waals surface area contributed by atoms with Crippen LogP contribution in [0.1, 0.15) is 22.6 Å². The van der Waals surface area contributed by atoms with E-state index in [1.54, 1.807) is 13.0 Å². The first-order valence-corrected chi connectivity index (χ1v) is 12.1. The summed E-state index contributed by atoms with van der Waals surface area (Å²) in [4.78, 5) is 34.8. The predicted octanol–water partition coefficient (Wildman–Crippen LogP) is 0.476. The highest BCUT2D eigenvalue weighted by molar-refractivity contribution is 7.91. The van der Waals surface area contributed by atoms with Crippen LogP contribution >= 0.6 is 11.3 Å². The standard InChI is InChI=1S/C19H27N5O5S2/c1-13-15(18(26)22-19(21-13)24-8-10-29-11-9-24)5-6-16(25)20-12-14-4-7-17(30-14)31(27,28)23(2)3/h4,7H,5-6,8-12H2,1-3H3,(H,20,25)(H,21,22,26). The molecule has 0 radical (unpaired) electrons. The number of amides is 1. The van der Waals surface area contributed by atoms with Gasteiger partial charge < -0.3 is 15.0 Å². The molecule has 31 heavy (non-hydrogen) atoms. The van der Waals surface area contributed by atoms with Gasteiger partial charge in [0, 0.05) is 49.7 Å². The van der Waals surface area contributed by atoms with Crippen LogP contribution in [0.15, 0.2) is 21.1 Å². The minimum Gasteiger partial charge on any atom is -0.378 e. The first-order valence-electron chi connectivity index (χ1n) is 9.89. The van der Waals surface area contributed by atoms with Crippen molar-refractivity contribution < 1.29 is 17.9 Å². The fourth-order valence-electron chi connectivity index (χ4n) is 3.10. The van der Waals surface area contributed by atoms with Crippen LogP contribution in [-0.4, -0.2) is 69.0 Å². The number of carbonyl (C=O) groups is 1. The van der Waals surface area contributed by atoms with Crippen LogP contribution in [0, 0.1) is 6.92 Å². The average molecular weight is 470 g/mol. The highest BCUT2D eigenvalue weighted by Gasteiger charge is 2.20. The van der Waals surface area contributed by atoms with Gasteiger partial charge in [0.15, 0.2) is 0 Å². The number of anilines is 1. The zero-order valence-corrected chi connectivity index (χ0v) is 19.4. The Morgan fingerprint density at radius 1 is 1.32 bits per heavy atom. The number of ether oxygens (including phenoxy) is 1. The van der Waals surface area contributed by atoms with Gasteiger partial charge in [-0.1, -0.05) is 0 Å². The van der Waals surface area contributed by atoms with Crippen LogP contribution in [0.4, 0.5) is 5.95 Å². The summed E-state index contributed by atoms with van der Waals surface area (Å²) < 4.78 is 31.0. The van der Waals surface area contributed by atoms with Crippen LogP contribution < -0.4 is 15.8 Å². The summed E-state index contributed by atoms with van der Waals surface area (Å²) >= 11 is 1.12. The Labute approximate surface area is 185 Å². The molecule has 2 N–H and O–H groups in total. The summed E-state index contributed by atoms with van der Waals surface area (Å²) in [5.41, 5.74) is 0.857. The van der Waals surface area contributed by atoms with E-state index < -0.39 is 10.0 Å². The van der Waals surface area contributed by atoms with E-state index in [9.17, 15) is 18.0 Å². The van der Waals surface area contributed by atoms with Crippen molar-refractivity contribution in [2.75, 3.05) is 45.3 Å². The van der Waals surface area contributed by atoms with E-state index in [4.69, 9.17) is 4.74 Å². The minimum absolute atomic E-state index is 0.136. The second kappa shape index (κ2) is 9.90. The van der Waals surface area contributed by atoms with E-state index in [0.717, 1.165) is 20.5 Å². The molecule has 2 aromatic rings. The molecule has 0 unspecified atom stereocenters. The van der Waals surface area contributed by atoms with Crippen LogP contribution in [0.3, 0.4) is 0 Å². The van der Waals surface area contributed by atoms with Crippen LogP contribution in [0.2, 0.25) is 0 Å². The normalized spacial score (nSPS) is 14.8. The molecule has 0 spiro atoms. The quantitative estimate of drug-likeness (QED) is 0.576. The van der Waals surface area contributed by atoms with E-state index in [1.165, 1.54) is 20.2 Å². The highest BCUT2D eigenvalue weighted by Crippen LogP contribution is 2.23. The molecule has 0 atom stereocenters. The maximum atomic E-state index is 12.5. The largest absolute Gasteiger partial charge is 0.378 e. The lowest BCUT2D eigenvalue weighted by Gasteiger charge is -2.27. The van der Waals surface area contributed by atoms with Gasteiger partial charge in [-0.25, -0.2) is 17.7 Å². The van der Waals surface area contributed by atoms with Crippen molar-refractivity contribution in [2.45, 2.75) is 30.5 Å². The lowest BCUT2D eigenvalue weighted by atomic mass is 10.1. The Morgan fingerprint density at radius 2 is 2.03 bits per heavy atom. The Morgan fingerprint density at radius 3 is 2.68 bits per heavy atom. The first-order chi connectivity index (χ1) is 14.7. The van der Waals surface area contributed by atoms with E-state index in [1.807, 2.05) is 4.90 Å². The number of thiophene rings is 1. The Kier molecular flexibility index (Phi) is 7.46. The SMILES string of the molecule is Cc1nc(N2CCOCC2)[nH]c(=O)c1CCC(=O)NCc1ccc(S(=O)(=O)N(C)C)s1. The maximum absolute atomic E-state index is 12.5. The number of hydrogen-bond donors (Lipinski definition) is 2. The lowest BCUT2D eigenvalue weighted by Crippen LogP contribution is -2.38. The second-order valence-electron chi connectivity index (χ2n) is 7.34. The molecule has 0 bridgehead atoms. The average Bonchev–Trinajstić information content (AvgIpc) is 3.22. The summed E-state index contributed by atoms with van der Waals surface area (Å²) in [7, 11) is -0.529. The van der Waals surface area contributed by atoms with Crippen molar-refractivity contribution >= 4 is 33.2 Å². The number of sulfonamides is 1. The molecule has 1 aliphatic rings. The molecule has 1 amide bonds. The number of rotatable bonds is 8. The molecule has 0 aromatic carbocycles. The number of aromatic nitrogens is 2. The molecule has 1 saturated heterocycles. The van der Waals surface area contributed by atoms with E-state index >= 15 is 0 Å². The van der Waals surface area contributed by atoms with Gasteiger partial charge in [-0.15, -0.1) is 11.3 Å². The summed E-state index contributed by atoms with van der Waals surface area (Å²) in [5, 5.41) is 2.77. The van der Waals surface area contributed by atoms with Crippen molar-refractivity contribution in [2.24, 2.45) is 0 Å². The number of nitrogens with one attached hydrogen (secondary N) is 2. The van der Waals surface area contributed by atoms with E-state index in [-0.39, 0.29) is 35.1 Å².